The lowest BCUT2D eigenvalue weighted by molar-refractivity contribution is 0.0524. The van der Waals surface area contributed by atoms with Crippen molar-refractivity contribution in [1.82, 2.24) is 4.57 Å². The largest absolute Gasteiger partial charge is 0.462 e. The number of hydrogen-bond donors (Lipinski definition) is 0. The number of hydrogen-bond acceptors (Lipinski definition) is 3. The first-order valence-electron chi connectivity index (χ1n) is 7.85. The van der Waals surface area contributed by atoms with Gasteiger partial charge in [-0.25, -0.2) is 9.18 Å². The molecule has 3 aromatic rings. The van der Waals surface area contributed by atoms with Gasteiger partial charge >= 0.3 is 5.97 Å². The average Bonchev–Trinajstić information content (AvgIpc) is 2.61. The van der Waals surface area contributed by atoms with E-state index >= 15 is 0 Å². The molecule has 0 spiro atoms. The molecule has 0 fully saturated rings. The van der Waals surface area contributed by atoms with Crippen molar-refractivity contribution in [1.29, 1.82) is 0 Å². The van der Waals surface area contributed by atoms with Gasteiger partial charge in [0.15, 0.2) is 0 Å². The lowest BCUT2D eigenvalue weighted by atomic mass is 10.1. The summed E-state index contributed by atoms with van der Waals surface area (Å²) >= 11 is 9.38. The third-order valence-corrected chi connectivity index (χ3v) is 4.98. The number of carbonyl (C=O) groups excluding carboxylic acids is 1. The van der Waals surface area contributed by atoms with Crippen LogP contribution in [0.15, 0.2) is 51.9 Å². The van der Waals surface area contributed by atoms with Gasteiger partial charge in [0.25, 0.3) is 0 Å². The van der Waals surface area contributed by atoms with E-state index in [4.69, 9.17) is 16.3 Å². The number of benzene rings is 2. The lowest BCUT2D eigenvalue weighted by Crippen LogP contribution is -2.21. The molecule has 2 aromatic carbocycles. The van der Waals surface area contributed by atoms with Crippen LogP contribution in [0.3, 0.4) is 0 Å². The highest BCUT2D eigenvalue weighted by Gasteiger charge is 2.18. The highest BCUT2D eigenvalue weighted by molar-refractivity contribution is 9.10. The zero-order valence-corrected chi connectivity index (χ0v) is 16.1. The molecule has 134 valence electrons. The van der Waals surface area contributed by atoms with Gasteiger partial charge < -0.3 is 9.30 Å². The van der Waals surface area contributed by atoms with Gasteiger partial charge in [0.2, 0.25) is 5.43 Å². The Kier molecular flexibility index (Phi) is 5.44. The van der Waals surface area contributed by atoms with E-state index < -0.39 is 17.2 Å². The number of nitrogens with zero attached hydrogens (tertiary/aromatic N) is 1. The Bertz CT molecular complexity index is 1060. The third kappa shape index (κ3) is 3.52. The molecule has 0 radical (unpaired) electrons. The topological polar surface area (TPSA) is 48.3 Å². The number of rotatable bonds is 4. The maximum Gasteiger partial charge on any atom is 0.343 e. The molecule has 0 bridgehead atoms. The van der Waals surface area contributed by atoms with E-state index in [1.54, 1.807) is 11.5 Å². The molecule has 0 aliphatic heterocycles. The molecule has 1 heterocycles. The molecule has 0 aliphatic carbocycles. The summed E-state index contributed by atoms with van der Waals surface area (Å²) in [6, 6.07) is 10.00. The Hall–Kier alpha value is -2.18. The second kappa shape index (κ2) is 7.60. The number of fused-ring (bicyclic) bond motifs is 1. The Morgan fingerprint density at radius 1 is 1.31 bits per heavy atom. The van der Waals surface area contributed by atoms with Gasteiger partial charge in [-0.2, -0.15) is 0 Å². The first-order valence-corrected chi connectivity index (χ1v) is 9.02. The number of halogens is 3. The summed E-state index contributed by atoms with van der Waals surface area (Å²) in [5, 5.41) is -0.0221. The summed E-state index contributed by atoms with van der Waals surface area (Å²) in [5.41, 5.74) is 0.628. The number of ether oxygens (including phenoxy) is 1. The number of carbonyl (C=O) groups is 1. The summed E-state index contributed by atoms with van der Waals surface area (Å²) in [6.07, 6.45) is 1.43. The van der Waals surface area contributed by atoms with Gasteiger partial charge in [0, 0.05) is 22.6 Å². The van der Waals surface area contributed by atoms with E-state index in [0.29, 0.717) is 12.1 Å². The lowest BCUT2D eigenvalue weighted by Gasteiger charge is -2.15. The fourth-order valence-electron chi connectivity index (χ4n) is 2.68. The molecule has 0 saturated carbocycles. The molecule has 0 atom stereocenters. The molecule has 3 rings (SSSR count). The van der Waals surface area contributed by atoms with Gasteiger partial charge in [-0.1, -0.05) is 45.7 Å². The van der Waals surface area contributed by atoms with Gasteiger partial charge in [-0.15, -0.1) is 0 Å². The summed E-state index contributed by atoms with van der Waals surface area (Å²) in [7, 11) is 0. The van der Waals surface area contributed by atoms with Gasteiger partial charge in [0.05, 0.1) is 17.1 Å². The van der Waals surface area contributed by atoms with Crippen molar-refractivity contribution in [3.8, 4) is 0 Å². The minimum Gasteiger partial charge on any atom is -0.462 e. The number of aromatic nitrogens is 1. The van der Waals surface area contributed by atoms with Crippen LogP contribution < -0.4 is 5.43 Å². The molecule has 0 aliphatic rings. The highest BCUT2D eigenvalue weighted by atomic mass is 79.9. The van der Waals surface area contributed by atoms with Crippen LogP contribution in [0.2, 0.25) is 5.02 Å². The Morgan fingerprint density at radius 3 is 2.73 bits per heavy atom. The number of pyridine rings is 1. The van der Waals surface area contributed by atoms with E-state index in [2.05, 4.69) is 15.9 Å². The van der Waals surface area contributed by atoms with Crippen LogP contribution in [0.4, 0.5) is 4.39 Å². The normalized spacial score (nSPS) is 10.9. The van der Waals surface area contributed by atoms with E-state index in [9.17, 15) is 14.0 Å². The highest BCUT2D eigenvalue weighted by Crippen LogP contribution is 2.24. The first-order chi connectivity index (χ1) is 12.4. The maximum atomic E-state index is 13.9. The minimum atomic E-state index is -0.740. The van der Waals surface area contributed by atoms with Gasteiger partial charge in [0.1, 0.15) is 11.4 Å². The maximum absolute atomic E-state index is 13.9. The Morgan fingerprint density at radius 2 is 2.04 bits per heavy atom. The molecule has 1 aromatic heterocycles. The van der Waals surface area contributed by atoms with Crippen LogP contribution in [-0.2, 0) is 11.3 Å². The summed E-state index contributed by atoms with van der Waals surface area (Å²) in [4.78, 5) is 24.8. The Balaban J connectivity index is 2.27. The number of esters is 1. The van der Waals surface area contributed by atoms with Crippen molar-refractivity contribution < 1.29 is 13.9 Å². The molecular weight excluding hydrogens is 425 g/mol. The summed E-state index contributed by atoms with van der Waals surface area (Å²) in [6.45, 7) is 2.14. The fraction of sp³-hybridized carbons (Fsp3) is 0.158. The van der Waals surface area contributed by atoms with Crippen molar-refractivity contribution >= 4 is 44.4 Å². The van der Waals surface area contributed by atoms with E-state index in [1.165, 1.54) is 12.3 Å². The average molecular weight is 439 g/mol. The Labute approximate surface area is 162 Å². The molecule has 0 N–H and O–H groups in total. The van der Waals surface area contributed by atoms with Crippen LogP contribution >= 0.6 is 27.5 Å². The van der Waals surface area contributed by atoms with Gasteiger partial charge in [-0.05, 0) is 30.7 Å². The standard InChI is InChI=1S/C19H14BrClFNO3/c1-2-26-19(25)13-10-23(9-11-5-3-4-6-14(11)20)17-8-15(21)16(22)7-12(17)18(13)24/h3-8,10H,2,9H2,1H3. The second-order valence-electron chi connectivity index (χ2n) is 5.60. The van der Waals surface area contributed by atoms with Crippen LogP contribution in [0.25, 0.3) is 10.9 Å². The van der Waals surface area contributed by atoms with Gasteiger partial charge in [-0.3, -0.25) is 4.79 Å². The molecule has 0 unspecified atom stereocenters. The van der Waals surface area contributed by atoms with E-state index in [0.717, 1.165) is 16.1 Å². The summed E-state index contributed by atoms with van der Waals surface area (Å²) < 4.78 is 21.4. The van der Waals surface area contributed by atoms with E-state index in [-0.39, 0.29) is 22.6 Å². The van der Waals surface area contributed by atoms with Crippen molar-refractivity contribution in [3.63, 3.8) is 0 Å². The van der Waals surface area contributed by atoms with Crippen LogP contribution in [0.5, 0.6) is 0 Å². The molecule has 4 nitrogen and oxygen atoms in total. The monoisotopic (exact) mass is 437 g/mol. The molecule has 26 heavy (non-hydrogen) atoms. The third-order valence-electron chi connectivity index (χ3n) is 3.92. The smallest absolute Gasteiger partial charge is 0.343 e. The van der Waals surface area contributed by atoms with Crippen LogP contribution in [-0.4, -0.2) is 17.1 Å². The van der Waals surface area contributed by atoms with Crippen molar-refractivity contribution in [3.05, 3.63) is 79.3 Å². The quantitative estimate of drug-likeness (QED) is 0.551. The predicted molar refractivity (Wildman–Crippen MR) is 102 cm³/mol. The second-order valence-corrected chi connectivity index (χ2v) is 6.86. The first kappa shape index (κ1) is 18.6. The molecule has 7 heteroatoms. The van der Waals surface area contributed by atoms with Crippen molar-refractivity contribution in [2.75, 3.05) is 6.61 Å². The predicted octanol–water partition coefficient (Wildman–Crippen LogP) is 4.78. The zero-order valence-electron chi connectivity index (χ0n) is 13.8. The molecule has 0 amide bonds. The van der Waals surface area contributed by atoms with Crippen molar-refractivity contribution in [2.24, 2.45) is 0 Å². The zero-order chi connectivity index (χ0) is 18.8. The minimum absolute atomic E-state index is 0.0736. The summed E-state index contributed by atoms with van der Waals surface area (Å²) in [5.74, 6) is -1.46. The van der Waals surface area contributed by atoms with Crippen LogP contribution in [0, 0.1) is 5.82 Å². The molecular formula is C19H14BrClFNO3. The fourth-order valence-corrected chi connectivity index (χ4v) is 3.25. The molecule has 0 saturated heterocycles. The van der Waals surface area contributed by atoms with E-state index in [1.807, 2.05) is 24.3 Å². The van der Waals surface area contributed by atoms with Crippen molar-refractivity contribution in [2.45, 2.75) is 13.5 Å². The SMILES string of the molecule is CCOC(=O)c1cn(Cc2ccccc2Br)c2cc(Cl)c(F)cc2c1=O. The van der Waals surface area contributed by atoms with Crippen LogP contribution in [0.1, 0.15) is 22.8 Å².